The molecular weight excluding hydrogens is 332 g/mol. The lowest BCUT2D eigenvalue weighted by Crippen LogP contribution is -1.92. The normalized spacial score (nSPS) is 13.0. The van der Waals surface area contributed by atoms with Crippen molar-refractivity contribution in [2.24, 2.45) is 5.92 Å². The van der Waals surface area contributed by atoms with Crippen molar-refractivity contribution in [2.45, 2.75) is 123 Å². The number of carboxylic acid groups (broad SMARTS) is 1. The molecule has 0 aliphatic rings. The molecule has 158 valence electrons. The quantitative estimate of drug-likeness (QED) is 0.170. The van der Waals surface area contributed by atoms with E-state index in [1.54, 1.807) is 0 Å². The van der Waals surface area contributed by atoms with Crippen LogP contribution in [0.15, 0.2) is 24.3 Å². The van der Waals surface area contributed by atoms with E-state index in [1.165, 1.54) is 77.0 Å². The molecule has 27 heavy (non-hydrogen) atoms. The fourth-order valence-corrected chi connectivity index (χ4v) is 3.23. The second-order valence-corrected chi connectivity index (χ2v) is 8.08. The molecule has 0 heterocycles. The Morgan fingerprint density at radius 3 is 1.67 bits per heavy atom. The predicted molar refractivity (Wildman–Crippen MR) is 119 cm³/mol. The number of rotatable bonds is 20. The molecule has 0 amide bonds. The standard InChI is InChI=1S/C25H46O2/c1-3-24(2)22-20-18-16-14-12-10-8-6-4-5-7-9-11-13-15-17-19-21-23-25(26)27/h7,9,15,17,24H,3-6,8,10-14,16,18-23H2,1-2H3,(H,26,27)/b9-7-,17-15-. The van der Waals surface area contributed by atoms with E-state index in [4.69, 9.17) is 5.11 Å². The summed E-state index contributed by atoms with van der Waals surface area (Å²) in [6.45, 7) is 4.67. The van der Waals surface area contributed by atoms with Crippen LogP contribution in [-0.2, 0) is 4.79 Å². The molecule has 0 spiro atoms. The predicted octanol–water partition coefficient (Wildman–Crippen LogP) is 8.47. The second kappa shape index (κ2) is 21.3. The zero-order valence-electron chi connectivity index (χ0n) is 18.3. The Hall–Kier alpha value is -1.05. The third kappa shape index (κ3) is 22.9. The van der Waals surface area contributed by atoms with Gasteiger partial charge in [0.1, 0.15) is 0 Å². The molecule has 1 N–H and O–H groups in total. The molecule has 0 bridgehead atoms. The lowest BCUT2D eigenvalue weighted by molar-refractivity contribution is -0.137. The van der Waals surface area contributed by atoms with E-state index >= 15 is 0 Å². The van der Waals surface area contributed by atoms with E-state index in [-0.39, 0.29) is 6.42 Å². The van der Waals surface area contributed by atoms with Crippen LogP contribution < -0.4 is 0 Å². The Bertz CT molecular complexity index is 371. The minimum Gasteiger partial charge on any atom is -0.481 e. The fraction of sp³-hybridized carbons (Fsp3) is 0.800. The lowest BCUT2D eigenvalue weighted by Gasteiger charge is -2.07. The SMILES string of the molecule is CCC(C)CCCCCCCCCCC/C=C\CC/C=C\CCCC(=O)O. The number of unbranched alkanes of at least 4 members (excludes halogenated alkanes) is 11. The van der Waals surface area contributed by atoms with Crippen molar-refractivity contribution < 1.29 is 9.90 Å². The van der Waals surface area contributed by atoms with Crippen LogP contribution in [0, 0.1) is 5.92 Å². The van der Waals surface area contributed by atoms with Crippen molar-refractivity contribution in [3.8, 4) is 0 Å². The van der Waals surface area contributed by atoms with Gasteiger partial charge in [0, 0.05) is 6.42 Å². The molecule has 2 nitrogen and oxygen atoms in total. The van der Waals surface area contributed by atoms with Crippen molar-refractivity contribution in [2.75, 3.05) is 0 Å². The third-order valence-electron chi connectivity index (χ3n) is 5.36. The average molecular weight is 379 g/mol. The summed E-state index contributed by atoms with van der Waals surface area (Å²) < 4.78 is 0. The van der Waals surface area contributed by atoms with Crippen molar-refractivity contribution in [1.29, 1.82) is 0 Å². The monoisotopic (exact) mass is 378 g/mol. The van der Waals surface area contributed by atoms with E-state index in [0.717, 1.165) is 31.6 Å². The van der Waals surface area contributed by atoms with Gasteiger partial charge in [-0.2, -0.15) is 0 Å². The van der Waals surface area contributed by atoms with Crippen molar-refractivity contribution >= 4 is 5.97 Å². The Labute approximate surface area is 169 Å². The molecule has 0 aromatic rings. The van der Waals surface area contributed by atoms with Gasteiger partial charge in [-0.05, 0) is 44.4 Å². The van der Waals surface area contributed by atoms with Crippen LogP contribution in [-0.4, -0.2) is 11.1 Å². The van der Waals surface area contributed by atoms with Gasteiger partial charge < -0.3 is 5.11 Å². The number of carboxylic acids is 1. The average Bonchev–Trinajstić information content (AvgIpc) is 2.65. The number of aliphatic carboxylic acids is 1. The molecule has 1 unspecified atom stereocenters. The summed E-state index contributed by atoms with van der Waals surface area (Å²) in [5.74, 6) is 0.227. The highest BCUT2D eigenvalue weighted by atomic mass is 16.4. The first kappa shape index (κ1) is 26.0. The maximum Gasteiger partial charge on any atom is 0.303 e. The zero-order chi connectivity index (χ0) is 20.0. The lowest BCUT2D eigenvalue weighted by atomic mass is 9.99. The molecule has 0 aromatic carbocycles. The largest absolute Gasteiger partial charge is 0.481 e. The Balaban J connectivity index is 3.18. The third-order valence-corrected chi connectivity index (χ3v) is 5.36. The van der Waals surface area contributed by atoms with Crippen LogP contribution in [0.1, 0.15) is 123 Å². The van der Waals surface area contributed by atoms with Gasteiger partial charge in [0.15, 0.2) is 0 Å². The first-order chi connectivity index (χ1) is 13.2. The van der Waals surface area contributed by atoms with Crippen LogP contribution in [0.5, 0.6) is 0 Å². The molecule has 0 saturated carbocycles. The van der Waals surface area contributed by atoms with Gasteiger partial charge in [-0.3, -0.25) is 4.79 Å². The van der Waals surface area contributed by atoms with E-state index in [2.05, 4.69) is 38.2 Å². The van der Waals surface area contributed by atoms with Gasteiger partial charge in [-0.1, -0.05) is 102 Å². The van der Waals surface area contributed by atoms with Crippen LogP contribution in [0.4, 0.5) is 0 Å². The summed E-state index contributed by atoms with van der Waals surface area (Å²) in [7, 11) is 0. The van der Waals surface area contributed by atoms with Gasteiger partial charge in [0.2, 0.25) is 0 Å². The highest BCUT2D eigenvalue weighted by molar-refractivity contribution is 5.66. The molecule has 0 radical (unpaired) electrons. The van der Waals surface area contributed by atoms with Gasteiger partial charge in [0.05, 0.1) is 0 Å². The zero-order valence-corrected chi connectivity index (χ0v) is 18.3. The van der Waals surface area contributed by atoms with E-state index in [1.807, 2.05) is 0 Å². The molecule has 2 heteroatoms. The Kier molecular flexibility index (Phi) is 20.4. The van der Waals surface area contributed by atoms with Gasteiger partial charge in [-0.25, -0.2) is 0 Å². The molecule has 0 aliphatic heterocycles. The topological polar surface area (TPSA) is 37.3 Å². The van der Waals surface area contributed by atoms with E-state index in [0.29, 0.717) is 0 Å². The molecular formula is C25H46O2. The Morgan fingerprint density at radius 2 is 1.15 bits per heavy atom. The molecule has 1 atom stereocenters. The number of hydrogen-bond acceptors (Lipinski definition) is 1. The first-order valence-corrected chi connectivity index (χ1v) is 11.7. The second-order valence-electron chi connectivity index (χ2n) is 8.08. The summed E-state index contributed by atoms with van der Waals surface area (Å²) in [5.41, 5.74) is 0. The van der Waals surface area contributed by atoms with Gasteiger partial charge >= 0.3 is 5.97 Å². The van der Waals surface area contributed by atoms with Crippen LogP contribution >= 0.6 is 0 Å². The van der Waals surface area contributed by atoms with Crippen LogP contribution in [0.25, 0.3) is 0 Å². The van der Waals surface area contributed by atoms with Crippen molar-refractivity contribution in [3.63, 3.8) is 0 Å². The summed E-state index contributed by atoms with van der Waals surface area (Å²) in [6.07, 6.45) is 29.7. The van der Waals surface area contributed by atoms with Gasteiger partial charge in [-0.15, -0.1) is 0 Å². The summed E-state index contributed by atoms with van der Waals surface area (Å²) in [4.78, 5) is 10.4. The minimum absolute atomic E-state index is 0.280. The summed E-state index contributed by atoms with van der Waals surface area (Å²) in [5, 5.41) is 8.55. The maximum atomic E-state index is 10.4. The molecule has 0 aromatic heterocycles. The van der Waals surface area contributed by atoms with Crippen LogP contribution in [0.2, 0.25) is 0 Å². The van der Waals surface area contributed by atoms with Crippen molar-refractivity contribution in [3.05, 3.63) is 24.3 Å². The summed E-state index contributed by atoms with van der Waals surface area (Å²) >= 11 is 0. The van der Waals surface area contributed by atoms with Crippen LogP contribution in [0.3, 0.4) is 0 Å². The molecule has 0 saturated heterocycles. The van der Waals surface area contributed by atoms with E-state index in [9.17, 15) is 4.79 Å². The number of allylic oxidation sites excluding steroid dienone is 4. The van der Waals surface area contributed by atoms with Crippen molar-refractivity contribution in [1.82, 2.24) is 0 Å². The highest BCUT2D eigenvalue weighted by Crippen LogP contribution is 2.15. The molecule has 0 aliphatic carbocycles. The van der Waals surface area contributed by atoms with E-state index < -0.39 is 5.97 Å². The molecule has 0 fully saturated rings. The smallest absolute Gasteiger partial charge is 0.303 e. The molecule has 0 rings (SSSR count). The Morgan fingerprint density at radius 1 is 0.704 bits per heavy atom. The summed E-state index contributed by atoms with van der Waals surface area (Å²) in [6, 6.07) is 0. The van der Waals surface area contributed by atoms with Gasteiger partial charge in [0.25, 0.3) is 0 Å². The fourth-order valence-electron chi connectivity index (χ4n) is 3.23. The minimum atomic E-state index is -0.696. The highest BCUT2D eigenvalue weighted by Gasteiger charge is 1.98. The first-order valence-electron chi connectivity index (χ1n) is 11.7. The number of carbonyl (C=O) groups is 1. The maximum absolute atomic E-state index is 10.4. The number of hydrogen-bond donors (Lipinski definition) is 1.